The van der Waals surface area contributed by atoms with Gasteiger partial charge in [0, 0.05) is 23.0 Å². The Hall–Kier alpha value is -1.04. The van der Waals surface area contributed by atoms with E-state index in [1.54, 1.807) is 24.5 Å². The zero-order valence-electron chi connectivity index (χ0n) is 13.9. The minimum Gasteiger partial charge on any atom is -0.543 e. The number of nitrogens with zero attached hydrogens (tertiary/aromatic N) is 2. The van der Waals surface area contributed by atoms with Crippen LogP contribution in [0.1, 0.15) is 0 Å². The molecule has 0 aliphatic carbocycles. The van der Waals surface area contributed by atoms with Crippen molar-refractivity contribution in [2.24, 2.45) is 0 Å². The summed E-state index contributed by atoms with van der Waals surface area (Å²) in [6.45, 7) is -0.452. The van der Waals surface area contributed by atoms with E-state index in [1.807, 2.05) is 0 Å². The molecule has 1 aromatic rings. The van der Waals surface area contributed by atoms with Crippen LogP contribution in [0.5, 0.6) is 0 Å². The largest absolute Gasteiger partial charge is 1.00 e. The Labute approximate surface area is 180 Å². The number of hydrogen-bond donors (Lipinski definition) is 2. The molecule has 3 rings (SSSR count). The monoisotopic (exact) mass is 403 g/mol. The van der Waals surface area contributed by atoms with Crippen LogP contribution in [0, 0.1) is 0 Å². The van der Waals surface area contributed by atoms with E-state index in [9.17, 15) is 24.6 Å². The van der Waals surface area contributed by atoms with Gasteiger partial charge in [0.25, 0.3) is 5.91 Å². The van der Waals surface area contributed by atoms with Gasteiger partial charge in [0.1, 0.15) is 11.4 Å². The summed E-state index contributed by atoms with van der Waals surface area (Å²) in [5.74, 6) is -1.92. The first-order chi connectivity index (χ1) is 12.0. The van der Waals surface area contributed by atoms with Crippen LogP contribution in [-0.4, -0.2) is 62.3 Å². The second kappa shape index (κ2) is 9.25. The third-order valence-electron chi connectivity index (χ3n) is 3.77. The topological polar surface area (TPSA) is 123 Å². The SMILES string of the molecule is O=C(CSc1ccncc1)NC1C(=O)N2C(C(=O)[O-])=C(CO)CSC12.[Na+]. The fraction of sp³-hybridized carbons (Fsp3) is 0.333. The van der Waals surface area contributed by atoms with Crippen LogP contribution in [0.15, 0.2) is 40.7 Å². The number of fused-ring (bicyclic) bond motifs is 1. The molecule has 0 aromatic carbocycles. The Morgan fingerprint density at radius 1 is 1.42 bits per heavy atom. The van der Waals surface area contributed by atoms with Crippen molar-refractivity contribution in [2.45, 2.75) is 16.3 Å². The molecule has 26 heavy (non-hydrogen) atoms. The number of thioether (sulfide) groups is 2. The number of pyridine rings is 1. The molecular formula is C15H14N3NaO5S2. The van der Waals surface area contributed by atoms with E-state index in [0.29, 0.717) is 0 Å². The molecule has 0 radical (unpaired) electrons. The number of aliphatic hydroxyl groups excluding tert-OH is 1. The number of aliphatic carboxylic acids is 1. The Morgan fingerprint density at radius 3 is 2.73 bits per heavy atom. The molecule has 0 spiro atoms. The van der Waals surface area contributed by atoms with Gasteiger partial charge in [-0.25, -0.2) is 0 Å². The number of β-lactam (4-membered cyclic amide) rings is 1. The van der Waals surface area contributed by atoms with Crippen molar-refractivity contribution in [2.75, 3.05) is 18.1 Å². The first kappa shape index (κ1) is 21.3. The zero-order chi connectivity index (χ0) is 18.0. The van der Waals surface area contributed by atoms with Gasteiger partial charge in [0.2, 0.25) is 5.91 Å². The molecule has 2 N–H and O–H groups in total. The van der Waals surface area contributed by atoms with Gasteiger partial charge in [-0.3, -0.25) is 19.5 Å². The van der Waals surface area contributed by atoms with Crippen LogP contribution < -0.4 is 40.0 Å². The molecular weight excluding hydrogens is 389 g/mol. The smallest absolute Gasteiger partial charge is 0.543 e. The van der Waals surface area contributed by atoms with Crippen LogP contribution in [0.4, 0.5) is 0 Å². The third kappa shape index (κ3) is 4.26. The second-order valence-electron chi connectivity index (χ2n) is 5.32. The molecule has 8 nitrogen and oxygen atoms in total. The summed E-state index contributed by atoms with van der Waals surface area (Å²) in [6, 6.07) is 2.78. The normalized spacial score (nSPS) is 21.4. The molecule has 132 valence electrons. The molecule has 1 fully saturated rings. The molecule has 11 heteroatoms. The standard InChI is InChI=1S/C15H15N3O5S2.Na/c19-5-8-6-25-14-11(13(21)18(14)12(8)15(22)23)17-10(20)7-24-9-1-3-16-4-2-9;/h1-4,11,14,19H,5-7H2,(H,17,20)(H,22,23);/q;+1/p-1. The van der Waals surface area contributed by atoms with Gasteiger partial charge in [-0.2, -0.15) is 0 Å². The van der Waals surface area contributed by atoms with Crippen molar-refractivity contribution in [3.8, 4) is 0 Å². The zero-order valence-corrected chi connectivity index (χ0v) is 17.5. The summed E-state index contributed by atoms with van der Waals surface area (Å²) in [5, 5.41) is 22.7. The summed E-state index contributed by atoms with van der Waals surface area (Å²) >= 11 is 2.62. The van der Waals surface area contributed by atoms with E-state index in [2.05, 4.69) is 10.3 Å². The molecule has 2 unspecified atom stereocenters. The molecule has 2 amide bonds. The van der Waals surface area contributed by atoms with Crippen LogP contribution in [-0.2, 0) is 14.4 Å². The van der Waals surface area contributed by atoms with E-state index in [-0.39, 0.29) is 58.2 Å². The average Bonchev–Trinajstić information content (AvgIpc) is 2.63. The molecule has 2 aliphatic rings. The summed E-state index contributed by atoms with van der Waals surface area (Å²) in [6.07, 6.45) is 3.25. The fourth-order valence-corrected chi connectivity index (χ4v) is 4.62. The maximum Gasteiger partial charge on any atom is 1.00 e. The van der Waals surface area contributed by atoms with E-state index in [0.717, 1.165) is 9.80 Å². The van der Waals surface area contributed by atoms with Crippen molar-refractivity contribution in [3.63, 3.8) is 0 Å². The Kier molecular flexibility index (Phi) is 7.56. The number of carboxylic acid groups (broad SMARTS) is 1. The van der Waals surface area contributed by atoms with Crippen molar-refractivity contribution in [1.29, 1.82) is 0 Å². The minimum absolute atomic E-state index is 0. The summed E-state index contributed by atoms with van der Waals surface area (Å²) in [5.41, 5.74) is -0.0412. The second-order valence-corrected chi connectivity index (χ2v) is 7.48. The Bertz CT molecular complexity index is 746. The predicted octanol–water partition coefficient (Wildman–Crippen LogP) is -4.43. The molecule has 2 atom stereocenters. The Balaban J connectivity index is 0.00000243. The summed E-state index contributed by atoms with van der Waals surface area (Å²) in [7, 11) is 0. The first-order valence-corrected chi connectivity index (χ1v) is 9.37. The first-order valence-electron chi connectivity index (χ1n) is 7.34. The average molecular weight is 403 g/mol. The number of rotatable bonds is 6. The maximum atomic E-state index is 12.3. The van der Waals surface area contributed by atoms with Crippen LogP contribution >= 0.6 is 23.5 Å². The van der Waals surface area contributed by atoms with Gasteiger partial charge >= 0.3 is 29.6 Å². The quantitative estimate of drug-likeness (QED) is 0.277. The van der Waals surface area contributed by atoms with Gasteiger partial charge in [0.15, 0.2) is 0 Å². The van der Waals surface area contributed by atoms with Crippen LogP contribution in [0.3, 0.4) is 0 Å². The Morgan fingerprint density at radius 2 is 2.12 bits per heavy atom. The molecule has 2 aliphatic heterocycles. The van der Waals surface area contributed by atoms with E-state index in [4.69, 9.17) is 0 Å². The van der Waals surface area contributed by atoms with Crippen molar-refractivity contribution in [3.05, 3.63) is 35.8 Å². The number of aromatic nitrogens is 1. The van der Waals surface area contributed by atoms with Gasteiger partial charge in [0.05, 0.1) is 24.0 Å². The van der Waals surface area contributed by atoms with Crippen molar-refractivity contribution < 1.29 is 54.2 Å². The van der Waals surface area contributed by atoms with Gasteiger partial charge in [-0.05, 0) is 17.7 Å². The van der Waals surface area contributed by atoms with E-state index >= 15 is 0 Å². The fourth-order valence-electron chi connectivity index (χ4n) is 2.59. The van der Waals surface area contributed by atoms with Crippen LogP contribution in [0.25, 0.3) is 0 Å². The molecule has 1 saturated heterocycles. The molecule has 3 heterocycles. The number of carboxylic acids is 1. The van der Waals surface area contributed by atoms with Crippen molar-refractivity contribution >= 4 is 41.3 Å². The van der Waals surface area contributed by atoms with Gasteiger partial charge in [-0.15, -0.1) is 23.5 Å². The number of carbonyl (C=O) groups is 3. The van der Waals surface area contributed by atoms with Gasteiger partial charge < -0.3 is 20.3 Å². The third-order valence-corrected chi connectivity index (χ3v) is 6.12. The molecule has 0 saturated carbocycles. The summed E-state index contributed by atoms with van der Waals surface area (Å²) < 4.78 is 0. The number of amides is 2. The minimum atomic E-state index is -1.50. The molecule has 0 bridgehead atoms. The number of nitrogens with one attached hydrogen (secondary N) is 1. The molecule has 1 aromatic heterocycles. The number of hydrogen-bond acceptors (Lipinski definition) is 8. The summed E-state index contributed by atoms with van der Waals surface area (Å²) in [4.78, 5) is 41.4. The van der Waals surface area contributed by atoms with Crippen molar-refractivity contribution in [1.82, 2.24) is 15.2 Å². The van der Waals surface area contributed by atoms with Gasteiger partial charge in [-0.1, -0.05) is 0 Å². The number of aliphatic hydroxyl groups is 1. The predicted molar refractivity (Wildman–Crippen MR) is 89.1 cm³/mol. The van der Waals surface area contributed by atoms with Crippen LogP contribution in [0.2, 0.25) is 0 Å². The maximum absolute atomic E-state index is 12.3. The number of carbonyl (C=O) groups excluding carboxylic acids is 3. The van der Waals surface area contributed by atoms with E-state index < -0.39 is 29.9 Å². The van der Waals surface area contributed by atoms with E-state index in [1.165, 1.54) is 23.5 Å².